The van der Waals surface area contributed by atoms with Crippen LogP contribution >= 0.6 is 0 Å². The molecule has 0 spiro atoms. The molecule has 2 rings (SSSR count). The van der Waals surface area contributed by atoms with Crippen LogP contribution in [0, 0.1) is 25.2 Å². The van der Waals surface area contributed by atoms with E-state index in [4.69, 9.17) is 5.26 Å². The minimum atomic E-state index is -0.00862. The number of rotatable bonds is 3. The standard InChI is InChI=1S/C14H13N3O/c1-10-7-11(2)17(16-10)9-14(18)13-5-3-12(8-15)4-6-13/h3-7H,9H2,1-2H3. The van der Waals surface area contributed by atoms with Gasteiger partial charge in [-0.2, -0.15) is 10.4 Å². The first-order chi connectivity index (χ1) is 8.60. The predicted octanol–water partition coefficient (Wildman–Crippen LogP) is 2.25. The summed E-state index contributed by atoms with van der Waals surface area (Å²) in [5, 5.41) is 12.9. The van der Waals surface area contributed by atoms with E-state index in [1.807, 2.05) is 26.0 Å². The Bertz CT molecular complexity index is 617. The van der Waals surface area contributed by atoms with Crippen LogP contribution in [0.25, 0.3) is 0 Å². The minimum absolute atomic E-state index is 0.00862. The maximum atomic E-state index is 12.0. The van der Waals surface area contributed by atoms with Crippen LogP contribution in [-0.2, 0) is 6.54 Å². The van der Waals surface area contributed by atoms with Crippen LogP contribution in [-0.4, -0.2) is 15.6 Å². The molecule has 4 nitrogen and oxygen atoms in total. The number of hydrogen-bond acceptors (Lipinski definition) is 3. The van der Waals surface area contributed by atoms with E-state index in [9.17, 15) is 4.79 Å². The Morgan fingerprint density at radius 3 is 2.50 bits per heavy atom. The van der Waals surface area contributed by atoms with Gasteiger partial charge >= 0.3 is 0 Å². The molecule has 0 saturated heterocycles. The van der Waals surface area contributed by atoms with Crippen LogP contribution in [0.15, 0.2) is 30.3 Å². The Morgan fingerprint density at radius 2 is 2.00 bits per heavy atom. The lowest BCUT2D eigenvalue weighted by Gasteiger charge is -2.03. The van der Waals surface area contributed by atoms with E-state index in [1.165, 1.54) is 0 Å². The third kappa shape index (κ3) is 2.46. The van der Waals surface area contributed by atoms with Crippen molar-refractivity contribution in [2.75, 3.05) is 0 Å². The largest absolute Gasteiger partial charge is 0.292 e. The monoisotopic (exact) mass is 239 g/mol. The van der Waals surface area contributed by atoms with Crippen LogP contribution in [0.5, 0.6) is 0 Å². The zero-order valence-corrected chi connectivity index (χ0v) is 10.3. The number of carbonyl (C=O) groups excluding carboxylic acids is 1. The van der Waals surface area contributed by atoms with E-state index in [1.54, 1.807) is 28.9 Å². The van der Waals surface area contributed by atoms with Gasteiger partial charge < -0.3 is 0 Å². The van der Waals surface area contributed by atoms with Gasteiger partial charge in [-0.1, -0.05) is 12.1 Å². The Hall–Kier alpha value is -2.41. The molecular formula is C14H13N3O. The van der Waals surface area contributed by atoms with E-state index in [2.05, 4.69) is 5.10 Å². The molecule has 0 bridgehead atoms. The number of nitriles is 1. The van der Waals surface area contributed by atoms with Crippen molar-refractivity contribution in [3.63, 3.8) is 0 Å². The summed E-state index contributed by atoms with van der Waals surface area (Å²) < 4.78 is 1.69. The third-order valence-electron chi connectivity index (χ3n) is 2.73. The molecule has 1 aromatic heterocycles. The maximum absolute atomic E-state index is 12.0. The van der Waals surface area contributed by atoms with Gasteiger partial charge in [-0.25, -0.2) is 0 Å². The number of carbonyl (C=O) groups is 1. The third-order valence-corrected chi connectivity index (χ3v) is 2.73. The van der Waals surface area contributed by atoms with E-state index in [0.717, 1.165) is 11.4 Å². The normalized spacial score (nSPS) is 10.1. The summed E-state index contributed by atoms with van der Waals surface area (Å²) in [5.74, 6) is -0.00862. The van der Waals surface area contributed by atoms with Gasteiger partial charge in [0.05, 0.1) is 17.3 Å². The van der Waals surface area contributed by atoms with Gasteiger partial charge in [0.25, 0.3) is 0 Å². The molecule has 18 heavy (non-hydrogen) atoms. The van der Waals surface area contributed by atoms with Crippen molar-refractivity contribution in [3.05, 3.63) is 52.8 Å². The Morgan fingerprint density at radius 1 is 1.33 bits per heavy atom. The number of benzene rings is 1. The Labute approximate surface area is 105 Å². The molecule has 0 fully saturated rings. The molecule has 0 atom stereocenters. The molecule has 0 radical (unpaired) electrons. The van der Waals surface area contributed by atoms with Crippen molar-refractivity contribution >= 4 is 5.78 Å². The summed E-state index contributed by atoms with van der Waals surface area (Å²) in [6.07, 6.45) is 0. The lowest BCUT2D eigenvalue weighted by molar-refractivity contribution is 0.0966. The van der Waals surface area contributed by atoms with Gasteiger partial charge in [0.2, 0.25) is 0 Å². The summed E-state index contributed by atoms with van der Waals surface area (Å²) >= 11 is 0. The summed E-state index contributed by atoms with van der Waals surface area (Å²) in [6, 6.07) is 10.6. The zero-order valence-electron chi connectivity index (χ0n) is 10.3. The second-order valence-corrected chi connectivity index (χ2v) is 4.20. The van der Waals surface area contributed by atoms with Gasteiger partial charge in [-0.15, -0.1) is 0 Å². The second-order valence-electron chi connectivity index (χ2n) is 4.20. The van der Waals surface area contributed by atoms with Crippen molar-refractivity contribution < 1.29 is 4.79 Å². The van der Waals surface area contributed by atoms with Crippen molar-refractivity contribution in [1.29, 1.82) is 5.26 Å². The van der Waals surface area contributed by atoms with Gasteiger partial charge in [0.15, 0.2) is 5.78 Å². The number of Topliss-reactive ketones (excluding diaryl/α,β-unsaturated/α-hetero) is 1. The number of aromatic nitrogens is 2. The molecule has 1 heterocycles. The molecule has 1 aromatic carbocycles. The highest BCUT2D eigenvalue weighted by atomic mass is 16.1. The summed E-state index contributed by atoms with van der Waals surface area (Å²) in [4.78, 5) is 12.0. The Kier molecular flexibility index (Phi) is 3.24. The highest BCUT2D eigenvalue weighted by Gasteiger charge is 2.09. The minimum Gasteiger partial charge on any atom is -0.292 e. The zero-order chi connectivity index (χ0) is 13.1. The molecule has 0 saturated carbocycles. The predicted molar refractivity (Wildman–Crippen MR) is 67.2 cm³/mol. The van der Waals surface area contributed by atoms with Crippen molar-refractivity contribution in [1.82, 2.24) is 9.78 Å². The molecule has 0 aliphatic carbocycles. The van der Waals surface area contributed by atoms with Gasteiger partial charge in [-0.05, 0) is 32.0 Å². The molecule has 90 valence electrons. The maximum Gasteiger partial charge on any atom is 0.184 e. The van der Waals surface area contributed by atoms with Crippen molar-refractivity contribution in [2.45, 2.75) is 20.4 Å². The molecule has 0 N–H and O–H groups in total. The Balaban J connectivity index is 2.17. The second kappa shape index (κ2) is 4.84. The summed E-state index contributed by atoms with van der Waals surface area (Å²) in [7, 11) is 0. The molecule has 0 amide bonds. The fourth-order valence-electron chi connectivity index (χ4n) is 1.79. The van der Waals surface area contributed by atoms with Crippen LogP contribution in [0.4, 0.5) is 0 Å². The van der Waals surface area contributed by atoms with Crippen LogP contribution < -0.4 is 0 Å². The van der Waals surface area contributed by atoms with Crippen molar-refractivity contribution in [2.24, 2.45) is 0 Å². The molecule has 2 aromatic rings. The highest BCUT2D eigenvalue weighted by Crippen LogP contribution is 2.08. The number of nitrogens with zero attached hydrogens (tertiary/aromatic N) is 3. The fraction of sp³-hybridized carbons (Fsp3) is 0.214. The molecule has 0 aliphatic heterocycles. The first-order valence-electron chi connectivity index (χ1n) is 5.64. The summed E-state index contributed by atoms with van der Waals surface area (Å²) in [6.45, 7) is 4.05. The van der Waals surface area contributed by atoms with Crippen LogP contribution in [0.2, 0.25) is 0 Å². The van der Waals surface area contributed by atoms with E-state index >= 15 is 0 Å². The quantitative estimate of drug-likeness (QED) is 0.772. The smallest absolute Gasteiger partial charge is 0.184 e. The fourth-order valence-corrected chi connectivity index (χ4v) is 1.79. The number of aryl methyl sites for hydroxylation is 2. The lowest BCUT2D eigenvalue weighted by Crippen LogP contribution is -2.13. The van der Waals surface area contributed by atoms with E-state index in [0.29, 0.717) is 11.1 Å². The van der Waals surface area contributed by atoms with E-state index < -0.39 is 0 Å². The highest BCUT2D eigenvalue weighted by molar-refractivity contribution is 5.95. The van der Waals surface area contributed by atoms with Crippen molar-refractivity contribution in [3.8, 4) is 6.07 Å². The SMILES string of the molecule is Cc1cc(C)n(CC(=O)c2ccc(C#N)cc2)n1. The summed E-state index contributed by atoms with van der Waals surface area (Å²) in [5.41, 5.74) is 3.02. The number of ketones is 1. The van der Waals surface area contributed by atoms with Crippen LogP contribution in [0.3, 0.4) is 0 Å². The van der Waals surface area contributed by atoms with E-state index in [-0.39, 0.29) is 12.3 Å². The van der Waals surface area contributed by atoms with Gasteiger partial charge in [0, 0.05) is 11.3 Å². The average Bonchev–Trinajstić information content (AvgIpc) is 2.68. The van der Waals surface area contributed by atoms with Gasteiger partial charge in [0.1, 0.15) is 6.54 Å². The first-order valence-corrected chi connectivity index (χ1v) is 5.64. The van der Waals surface area contributed by atoms with Gasteiger partial charge in [-0.3, -0.25) is 9.48 Å². The molecular weight excluding hydrogens is 226 g/mol. The average molecular weight is 239 g/mol. The molecule has 0 unspecified atom stereocenters. The van der Waals surface area contributed by atoms with Crippen LogP contribution in [0.1, 0.15) is 27.3 Å². The lowest BCUT2D eigenvalue weighted by atomic mass is 10.1. The number of hydrogen-bond donors (Lipinski definition) is 0. The molecule has 4 heteroatoms. The first kappa shape index (κ1) is 12.1. The topological polar surface area (TPSA) is 58.7 Å². The molecule has 0 aliphatic rings.